The number of rotatable bonds is 2. The van der Waals surface area contributed by atoms with E-state index in [2.05, 4.69) is 15.0 Å². The number of fused-ring (bicyclic) bond motifs is 1. The van der Waals surface area contributed by atoms with Crippen molar-refractivity contribution in [2.24, 2.45) is 5.41 Å². The van der Waals surface area contributed by atoms with E-state index < -0.39 is 5.41 Å². The van der Waals surface area contributed by atoms with Gasteiger partial charge in [0, 0.05) is 24.6 Å². The number of H-pyrrole nitrogens is 1. The maximum atomic E-state index is 12.5. The summed E-state index contributed by atoms with van der Waals surface area (Å²) in [6, 6.07) is 0. The van der Waals surface area contributed by atoms with Crippen molar-refractivity contribution in [1.29, 1.82) is 0 Å². The normalized spacial score (nSPS) is 16.3. The number of hydrogen-bond donors (Lipinski definition) is 1. The quantitative estimate of drug-likeness (QED) is 0.865. The van der Waals surface area contributed by atoms with E-state index in [9.17, 15) is 9.59 Å². The first-order valence-electron chi connectivity index (χ1n) is 7.57. The standard InChI is InChI=1S/C16H20N4O2/c1-16(2,3)14(22)10-8-17-15-13(10)19-11(9-18-15)20-7-5-4-6-12(20)21/h8-9H,4-7H2,1-3H3,(H,17,18). The first kappa shape index (κ1) is 14.7. The molecule has 1 N–H and O–H groups in total. The Labute approximate surface area is 128 Å². The van der Waals surface area contributed by atoms with Crippen LogP contribution >= 0.6 is 0 Å². The van der Waals surface area contributed by atoms with Gasteiger partial charge < -0.3 is 4.98 Å². The molecule has 0 unspecified atom stereocenters. The van der Waals surface area contributed by atoms with E-state index in [0.717, 1.165) is 12.8 Å². The fourth-order valence-corrected chi connectivity index (χ4v) is 2.64. The molecule has 3 heterocycles. The van der Waals surface area contributed by atoms with Crippen LogP contribution in [0.1, 0.15) is 50.4 Å². The number of nitrogens with one attached hydrogen (secondary N) is 1. The van der Waals surface area contributed by atoms with E-state index in [1.165, 1.54) is 0 Å². The third-order valence-corrected chi connectivity index (χ3v) is 3.89. The second-order valence-corrected chi connectivity index (χ2v) is 6.71. The van der Waals surface area contributed by atoms with Crippen LogP contribution in [0.3, 0.4) is 0 Å². The minimum Gasteiger partial charge on any atom is -0.344 e. The Morgan fingerprint density at radius 2 is 2.09 bits per heavy atom. The van der Waals surface area contributed by atoms with Crippen LogP contribution in [0.25, 0.3) is 11.2 Å². The Morgan fingerprint density at radius 1 is 1.32 bits per heavy atom. The van der Waals surface area contributed by atoms with Gasteiger partial charge in [0.2, 0.25) is 5.91 Å². The smallest absolute Gasteiger partial charge is 0.228 e. The molecule has 0 saturated carbocycles. The third-order valence-electron chi connectivity index (χ3n) is 3.89. The lowest BCUT2D eigenvalue weighted by molar-refractivity contribution is -0.119. The highest BCUT2D eigenvalue weighted by atomic mass is 16.2. The number of aromatic amines is 1. The van der Waals surface area contributed by atoms with Gasteiger partial charge >= 0.3 is 0 Å². The molecule has 6 heteroatoms. The number of ketones is 1. The van der Waals surface area contributed by atoms with Crippen LogP contribution in [0.2, 0.25) is 0 Å². The first-order chi connectivity index (χ1) is 10.4. The maximum Gasteiger partial charge on any atom is 0.228 e. The molecule has 116 valence electrons. The molecular weight excluding hydrogens is 280 g/mol. The van der Waals surface area contributed by atoms with Crippen molar-refractivity contribution >= 4 is 28.7 Å². The van der Waals surface area contributed by atoms with E-state index in [1.54, 1.807) is 17.3 Å². The van der Waals surface area contributed by atoms with Gasteiger partial charge in [-0.2, -0.15) is 0 Å². The average Bonchev–Trinajstić information content (AvgIpc) is 2.88. The summed E-state index contributed by atoms with van der Waals surface area (Å²) in [7, 11) is 0. The molecule has 6 nitrogen and oxygen atoms in total. The van der Waals surface area contributed by atoms with Gasteiger partial charge in [-0.15, -0.1) is 0 Å². The van der Waals surface area contributed by atoms with Crippen LogP contribution < -0.4 is 4.90 Å². The zero-order chi connectivity index (χ0) is 15.9. The number of carbonyl (C=O) groups is 2. The zero-order valence-corrected chi connectivity index (χ0v) is 13.1. The number of carbonyl (C=O) groups excluding carboxylic acids is 2. The molecule has 0 spiro atoms. The van der Waals surface area contributed by atoms with E-state index >= 15 is 0 Å². The van der Waals surface area contributed by atoms with Gasteiger partial charge in [-0.05, 0) is 12.8 Å². The van der Waals surface area contributed by atoms with Crippen LogP contribution in [0.15, 0.2) is 12.4 Å². The summed E-state index contributed by atoms with van der Waals surface area (Å²) in [5, 5.41) is 0. The molecule has 1 saturated heterocycles. The molecule has 0 aliphatic carbocycles. The summed E-state index contributed by atoms with van der Waals surface area (Å²) in [5.74, 6) is 0.606. The average molecular weight is 300 g/mol. The van der Waals surface area contributed by atoms with Crippen molar-refractivity contribution in [2.45, 2.75) is 40.0 Å². The second kappa shape index (κ2) is 5.19. The molecule has 1 fully saturated rings. The molecule has 3 rings (SSSR count). The van der Waals surface area contributed by atoms with Crippen LogP contribution in [-0.4, -0.2) is 33.2 Å². The molecule has 2 aromatic rings. The molecule has 2 aromatic heterocycles. The lowest BCUT2D eigenvalue weighted by Gasteiger charge is -2.25. The minimum absolute atomic E-state index is 0.00942. The predicted molar refractivity (Wildman–Crippen MR) is 83.9 cm³/mol. The number of piperidine rings is 1. The Balaban J connectivity index is 2.05. The Hall–Kier alpha value is -2.24. The maximum absolute atomic E-state index is 12.5. The highest BCUT2D eigenvalue weighted by molar-refractivity contribution is 6.08. The van der Waals surface area contributed by atoms with Gasteiger partial charge in [0.1, 0.15) is 5.52 Å². The van der Waals surface area contributed by atoms with Crippen LogP contribution in [-0.2, 0) is 4.79 Å². The number of Topliss-reactive ketones (excluding diaryl/α,β-unsaturated/α-hetero) is 1. The molecule has 1 aliphatic rings. The topological polar surface area (TPSA) is 79.0 Å². The monoisotopic (exact) mass is 300 g/mol. The van der Waals surface area contributed by atoms with Crippen molar-refractivity contribution in [1.82, 2.24) is 15.0 Å². The van der Waals surface area contributed by atoms with Crippen LogP contribution in [0.4, 0.5) is 5.82 Å². The summed E-state index contributed by atoms with van der Waals surface area (Å²) in [6.45, 7) is 6.28. The zero-order valence-electron chi connectivity index (χ0n) is 13.1. The van der Waals surface area contributed by atoms with Gasteiger partial charge in [-0.25, -0.2) is 9.97 Å². The summed E-state index contributed by atoms with van der Waals surface area (Å²) >= 11 is 0. The molecule has 22 heavy (non-hydrogen) atoms. The minimum atomic E-state index is -0.492. The first-order valence-corrected chi connectivity index (χ1v) is 7.57. The number of nitrogens with zero attached hydrogens (tertiary/aromatic N) is 3. The summed E-state index contributed by atoms with van der Waals surface area (Å²) in [5.41, 5.74) is 1.14. The Morgan fingerprint density at radius 3 is 2.77 bits per heavy atom. The van der Waals surface area contributed by atoms with Crippen LogP contribution in [0, 0.1) is 5.41 Å². The van der Waals surface area contributed by atoms with E-state index in [0.29, 0.717) is 35.5 Å². The van der Waals surface area contributed by atoms with Crippen molar-refractivity contribution in [2.75, 3.05) is 11.4 Å². The lowest BCUT2D eigenvalue weighted by Crippen LogP contribution is -2.35. The molecule has 0 bridgehead atoms. The summed E-state index contributed by atoms with van der Waals surface area (Å²) in [4.78, 5) is 38.0. The van der Waals surface area contributed by atoms with Gasteiger partial charge in [-0.3, -0.25) is 14.5 Å². The fraction of sp³-hybridized carbons (Fsp3) is 0.500. The second-order valence-electron chi connectivity index (χ2n) is 6.71. The van der Waals surface area contributed by atoms with Crippen molar-refractivity contribution < 1.29 is 9.59 Å². The highest BCUT2D eigenvalue weighted by Gasteiger charge is 2.27. The summed E-state index contributed by atoms with van der Waals surface area (Å²) < 4.78 is 0. The lowest BCUT2D eigenvalue weighted by atomic mass is 9.87. The SMILES string of the molecule is CC(C)(C)C(=O)c1c[nH]c2ncc(N3CCCCC3=O)nc12. The number of aromatic nitrogens is 3. The van der Waals surface area contributed by atoms with Gasteiger partial charge in [0.15, 0.2) is 17.2 Å². The molecule has 0 atom stereocenters. The van der Waals surface area contributed by atoms with Crippen molar-refractivity contribution in [3.05, 3.63) is 18.0 Å². The number of hydrogen-bond acceptors (Lipinski definition) is 4. The molecule has 1 amide bonds. The predicted octanol–water partition coefficient (Wildman–Crippen LogP) is 2.70. The third kappa shape index (κ3) is 2.49. The van der Waals surface area contributed by atoms with Crippen molar-refractivity contribution in [3.8, 4) is 0 Å². The molecule has 0 aromatic carbocycles. The van der Waals surface area contributed by atoms with Gasteiger partial charge in [-0.1, -0.05) is 20.8 Å². The molecule has 1 aliphatic heterocycles. The number of anilines is 1. The largest absolute Gasteiger partial charge is 0.344 e. The van der Waals surface area contributed by atoms with E-state index in [-0.39, 0.29) is 11.7 Å². The van der Waals surface area contributed by atoms with Crippen molar-refractivity contribution in [3.63, 3.8) is 0 Å². The van der Waals surface area contributed by atoms with E-state index in [4.69, 9.17) is 0 Å². The molecular formula is C16H20N4O2. The Kier molecular flexibility index (Phi) is 3.47. The van der Waals surface area contributed by atoms with Gasteiger partial charge in [0.05, 0.1) is 11.8 Å². The highest BCUT2D eigenvalue weighted by Crippen LogP contribution is 2.27. The fourth-order valence-electron chi connectivity index (χ4n) is 2.64. The Bertz CT molecular complexity index is 742. The summed E-state index contributed by atoms with van der Waals surface area (Å²) in [6.07, 6.45) is 5.67. The van der Waals surface area contributed by atoms with Gasteiger partial charge in [0.25, 0.3) is 0 Å². The molecule has 0 radical (unpaired) electrons. The van der Waals surface area contributed by atoms with E-state index in [1.807, 2.05) is 20.8 Å². The van der Waals surface area contributed by atoms with Crippen LogP contribution in [0.5, 0.6) is 0 Å². The number of amides is 1.